The Hall–Kier alpha value is -0.246. The van der Waals surface area contributed by atoms with Crippen LogP contribution in [0.3, 0.4) is 0 Å². The Labute approximate surface area is 280 Å². The van der Waals surface area contributed by atoms with E-state index in [0.29, 0.717) is 41.3 Å². The van der Waals surface area contributed by atoms with Crippen molar-refractivity contribution in [1.29, 1.82) is 0 Å². The topological polar surface area (TPSA) is 47.9 Å². The number of hydrogen-bond acceptors (Lipinski definition) is 4. The van der Waals surface area contributed by atoms with Crippen molar-refractivity contribution in [3.63, 3.8) is 0 Å². The van der Waals surface area contributed by atoms with Crippen LogP contribution in [-0.4, -0.2) is 52.3 Å². The van der Waals surface area contributed by atoms with Crippen LogP contribution in [0.2, 0.25) is 36.3 Å². The molecule has 0 bridgehead atoms. The Morgan fingerprint density at radius 2 is 1.56 bits per heavy atom. The summed E-state index contributed by atoms with van der Waals surface area (Å²) >= 11 is 0. The van der Waals surface area contributed by atoms with Gasteiger partial charge in [-0.3, -0.25) is 0 Å². The fourth-order valence-corrected chi connectivity index (χ4v) is 16.2. The van der Waals surface area contributed by atoms with Crippen molar-refractivity contribution in [2.45, 2.75) is 187 Å². The van der Waals surface area contributed by atoms with Crippen molar-refractivity contribution < 1.29 is 18.7 Å². The fraction of sp³-hybridized carbons (Fsp3) is 0.897. The molecule has 4 fully saturated rings. The molecular formula is C39H72O4Si2. The zero-order chi connectivity index (χ0) is 33.0. The molecule has 4 rings (SSSR count). The summed E-state index contributed by atoms with van der Waals surface area (Å²) in [5.41, 5.74) is 2.81. The third kappa shape index (κ3) is 8.50. The van der Waals surface area contributed by atoms with Gasteiger partial charge in [0.1, 0.15) is 0 Å². The highest BCUT2D eigenvalue weighted by atomic mass is 28.4. The summed E-state index contributed by atoms with van der Waals surface area (Å²) < 4.78 is 21.0. The maximum absolute atomic E-state index is 10.4. The molecule has 1 aliphatic heterocycles. The largest absolute Gasteiger partial charge is 0.414 e. The van der Waals surface area contributed by atoms with Gasteiger partial charge < -0.3 is 18.7 Å². The van der Waals surface area contributed by atoms with E-state index in [2.05, 4.69) is 54.5 Å². The molecule has 0 aromatic carbocycles. The molecule has 45 heavy (non-hydrogen) atoms. The molecule has 6 heteroatoms. The van der Waals surface area contributed by atoms with Crippen molar-refractivity contribution in [2.24, 2.45) is 29.1 Å². The van der Waals surface area contributed by atoms with Gasteiger partial charge in [-0.2, -0.15) is 0 Å². The van der Waals surface area contributed by atoms with Gasteiger partial charge in [-0.15, -0.1) is 0 Å². The number of hydrogen-bond donors (Lipinski definition) is 1. The van der Waals surface area contributed by atoms with E-state index in [0.717, 1.165) is 38.7 Å². The van der Waals surface area contributed by atoms with Gasteiger partial charge in [-0.1, -0.05) is 66.7 Å². The zero-order valence-electron chi connectivity index (χ0n) is 31.0. The number of rotatable bonds is 15. The van der Waals surface area contributed by atoms with Crippen LogP contribution in [-0.2, 0) is 13.6 Å². The second-order valence-electron chi connectivity index (χ2n) is 16.7. The van der Waals surface area contributed by atoms with Crippen molar-refractivity contribution in [1.82, 2.24) is 0 Å². The number of allylic oxidation sites excluding steroid dienone is 2. The first-order valence-corrected chi connectivity index (χ1v) is 24.4. The Kier molecular flexibility index (Phi) is 13.0. The minimum Gasteiger partial charge on any atom is -0.414 e. The van der Waals surface area contributed by atoms with Crippen LogP contribution in [0, 0.1) is 29.1 Å². The third-order valence-electron chi connectivity index (χ3n) is 13.7. The Balaban J connectivity index is 1.51. The second kappa shape index (κ2) is 15.5. The molecule has 3 saturated carbocycles. The molecule has 0 amide bonds. The highest BCUT2D eigenvalue weighted by molar-refractivity contribution is 6.74. The molecule has 1 N–H and O–H groups in total. The molecule has 3 unspecified atom stereocenters. The van der Waals surface area contributed by atoms with Gasteiger partial charge in [0.05, 0.1) is 17.8 Å². The van der Waals surface area contributed by atoms with Gasteiger partial charge in [0.25, 0.3) is 0 Å². The lowest BCUT2D eigenvalue weighted by molar-refractivity contribution is -0.00235. The number of ether oxygens (including phenoxy) is 1. The monoisotopic (exact) mass is 660 g/mol. The van der Waals surface area contributed by atoms with Crippen LogP contribution < -0.4 is 0 Å². The maximum Gasteiger partial charge on any atom is 0.192 e. The first-order chi connectivity index (χ1) is 21.3. The van der Waals surface area contributed by atoms with E-state index >= 15 is 0 Å². The van der Waals surface area contributed by atoms with Gasteiger partial charge in [0.15, 0.2) is 16.6 Å². The standard InChI is InChI=1S/C39H72O4Si2/c1-11-44(12-2,13-3)42-33-25-32(29(7)36(26-33)43-45(14-4,15-5)16-6)20-19-31-18-17-23-39(10)34(31)21-22-35(39)37-24-30(28-41-37)27-38(8,9)40/h19,30,32-37,40H,7,11-18,20-28H2,1-6,8-10H3/b31-19+/t30-,32+,33+,34-,35+,36?,37?,39?/m0/s1. The zero-order valence-corrected chi connectivity index (χ0v) is 33.0. The first kappa shape index (κ1) is 37.6. The van der Waals surface area contributed by atoms with E-state index in [9.17, 15) is 5.11 Å². The summed E-state index contributed by atoms with van der Waals surface area (Å²) in [7, 11) is -3.46. The van der Waals surface area contributed by atoms with E-state index in [-0.39, 0.29) is 6.10 Å². The van der Waals surface area contributed by atoms with Crippen LogP contribution >= 0.6 is 0 Å². The molecular weight excluding hydrogens is 589 g/mol. The molecule has 260 valence electrons. The summed E-state index contributed by atoms with van der Waals surface area (Å²) in [5, 5.41) is 10.4. The fourth-order valence-electron chi connectivity index (χ4n) is 10.4. The molecule has 0 spiro atoms. The molecule has 0 radical (unpaired) electrons. The normalized spacial score (nSPS) is 35.7. The van der Waals surface area contributed by atoms with Gasteiger partial charge in [0, 0.05) is 19.1 Å². The number of aliphatic hydroxyl groups is 1. The average Bonchev–Trinajstić information content (AvgIpc) is 3.61. The smallest absolute Gasteiger partial charge is 0.192 e. The summed E-state index contributed by atoms with van der Waals surface area (Å²) in [5.74, 6) is 2.26. The summed E-state index contributed by atoms with van der Waals surface area (Å²) in [4.78, 5) is 0. The van der Waals surface area contributed by atoms with Gasteiger partial charge in [-0.05, 0) is 143 Å². The van der Waals surface area contributed by atoms with Crippen molar-refractivity contribution in [3.05, 3.63) is 23.8 Å². The summed E-state index contributed by atoms with van der Waals surface area (Å²) in [6, 6.07) is 7.18. The van der Waals surface area contributed by atoms with E-state index in [1.54, 1.807) is 5.57 Å². The van der Waals surface area contributed by atoms with Gasteiger partial charge >= 0.3 is 0 Å². The Morgan fingerprint density at radius 1 is 0.933 bits per heavy atom. The third-order valence-corrected chi connectivity index (χ3v) is 23.0. The molecule has 3 aliphatic carbocycles. The van der Waals surface area contributed by atoms with Crippen molar-refractivity contribution in [2.75, 3.05) is 6.61 Å². The quantitative estimate of drug-likeness (QED) is 0.140. The lowest BCUT2D eigenvalue weighted by Gasteiger charge is -2.45. The van der Waals surface area contributed by atoms with E-state index in [1.807, 2.05) is 13.8 Å². The molecule has 4 nitrogen and oxygen atoms in total. The molecule has 1 heterocycles. The predicted octanol–water partition coefficient (Wildman–Crippen LogP) is 10.8. The Bertz CT molecular complexity index is 979. The molecule has 1 saturated heterocycles. The lowest BCUT2D eigenvalue weighted by Crippen LogP contribution is -2.48. The van der Waals surface area contributed by atoms with Crippen molar-refractivity contribution >= 4 is 16.6 Å². The van der Waals surface area contributed by atoms with Crippen LogP contribution in [0.4, 0.5) is 0 Å². The van der Waals surface area contributed by atoms with Gasteiger partial charge in [0.2, 0.25) is 0 Å². The second-order valence-corrected chi connectivity index (χ2v) is 26.1. The van der Waals surface area contributed by atoms with Crippen LogP contribution in [0.1, 0.15) is 127 Å². The van der Waals surface area contributed by atoms with Crippen molar-refractivity contribution in [3.8, 4) is 0 Å². The lowest BCUT2D eigenvalue weighted by atomic mass is 9.62. The van der Waals surface area contributed by atoms with Crippen LogP contribution in [0.25, 0.3) is 0 Å². The predicted molar refractivity (Wildman–Crippen MR) is 196 cm³/mol. The Morgan fingerprint density at radius 3 is 2.16 bits per heavy atom. The first-order valence-electron chi connectivity index (χ1n) is 19.4. The molecule has 4 aliphatic rings. The summed E-state index contributed by atoms with van der Waals surface area (Å²) in [6.45, 7) is 26.2. The van der Waals surface area contributed by atoms with Crippen LogP contribution in [0.15, 0.2) is 23.8 Å². The molecule has 8 atom stereocenters. The number of fused-ring (bicyclic) bond motifs is 1. The summed E-state index contributed by atoms with van der Waals surface area (Å²) in [6.07, 6.45) is 15.2. The minimum absolute atomic E-state index is 0.153. The maximum atomic E-state index is 10.4. The highest BCUT2D eigenvalue weighted by Crippen LogP contribution is 2.60. The highest BCUT2D eigenvalue weighted by Gasteiger charge is 2.53. The minimum atomic E-state index is -1.76. The van der Waals surface area contributed by atoms with E-state index in [4.69, 9.17) is 20.2 Å². The molecule has 0 aromatic rings. The van der Waals surface area contributed by atoms with E-state index < -0.39 is 22.2 Å². The SMILES string of the molecule is C=C1C(O[Si](CC)(CC)CC)C[C@H](O[Si](CC)(CC)CC)C[C@H]1C/C=C1\CCCC2(C)[C@@H](C3C[C@@H](CC(C)(C)O)CO3)CC[C@@H]12. The van der Waals surface area contributed by atoms with E-state index in [1.165, 1.54) is 73.9 Å². The molecule has 0 aromatic heterocycles. The average molecular weight is 661 g/mol. The van der Waals surface area contributed by atoms with Gasteiger partial charge in [-0.25, -0.2) is 0 Å². The van der Waals surface area contributed by atoms with Crippen LogP contribution in [0.5, 0.6) is 0 Å².